The quantitative estimate of drug-likeness (QED) is 0.807. The SMILES string of the molecule is COCCN1C(=O)C[C@@H](CNc2nccc(C)n2)[C@@H]1c1cnn(C)c1C. The van der Waals surface area contributed by atoms with Crippen LogP contribution in [0.1, 0.15) is 29.4 Å². The van der Waals surface area contributed by atoms with E-state index in [-0.39, 0.29) is 17.9 Å². The topological polar surface area (TPSA) is 85.2 Å². The molecule has 8 nitrogen and oxygen atoms in total. The van der Waals surface area contributed by atoms with Gasteiger partial charge in [-0.1, -0.05) is 0 Å². The molecule has 0 saturated carbocycles. The molecule has 1 amide bonds. The molecule has 0 radical (unpaired) electrons. The van der Waals surface area contributed by atoms with Crippen molar-refractivity contribution < 1.29 is 9.53 Å². The lowest BCUT2D eigenvalue weighted by Crippen LogP contribution is -2.33. The van der Waals surface area contributed by atoms with Gasteiger partial charge in [-0.3, -0.25) is 9.48 Å². The van der Waals surface area contributed by atoms with E-state index < -0.39 is 0 Å². The van der Waals surface area contributed by atoms with E-state index in [9.17, 15) is 4.79 Å². The summed E-state index contributed by atoms with van der Waals surface area (Å²) >= 11 is 0. The molecule has 1 aliphatic heterocycles. The van der Waals surface area contributed by atoms with Gasteiger partial charge in [0.2, 0.25) is 11.9 Å². The average Bonchev–Trinajstić information content (AvgIpc) is 3.10. The van der Waals surface area contributed by atoms with Crippen LogP contribution >= 0.6 is 0 Å². The Morgan fingerprint density at radius 2 is 2.19 bits per heavy atom. The summed E-state index contributed by atoms with van der Waals surface area (Å²) in [5.41, 5.74) is 3.07. The molecule has 26 heavy (non-hydrogen) atoms. The lowest BCUT2D eigenvalue weighted by molar-refractivity contribution is -0.129. The van der Waals surface area contributed by atoms with Crippen molar-refractivity contribution in [2.24, 2.45) is 13.0 Å². The van der Waals surface area contributed by atoms with Crippen molar-refractivity contribution in [2.75, 3.05) is 32.1 Å². The number of nitrogens with one attached hydrogen (secondary N) is 1. The predicted octanol–water partition coefficient (Wildman–Crippen LogP) is 1.48. The molecular weight excluding hydrogens is 332 g/mol. The van der Waals surface area contributed by atoms with Gasteiger partial charge in [-0.15, -0.1) is 0 Å². The maximum Gasteiger partial charge on any atom is 0.223 e. The first-order valence-corrected chi connectivity index (χ1v) is 8.81. The Morgan fingerprint density at radius 3 is 2.85 bits per heavy atom. The van der Waals surface area contributed by atoms with Crippen molar-refractivity contribution in [1.29, 1.82) is 0 Å². The molecule has 1 N–H and O–H groups in total. The van der Waals surface area contributed by atoms with E-state index in [1.807, 2.05) is 42.7 Å². The summed E-state index contributed by atoms with van der Waals surface area (Å²) in [6.45, 7) is 5.68. The van der Waals surface area contributed by atoms with Crippen LogP contribution in [0.4, 0.5) is 5.95 Å². The Balaban J connectivity index is 1.82. The van der Waals surface area contributed by atoms with Crippen LogP contribution in [-0.4, -0.2) is 57.4 Å². The fourth-order valence-corrected chi connectivity index (χ4v) is 3.48. The van der Waals surface area contributed by atoms with Gasteiger partial charge in [0, 0.05) is 62.7 Å². The molecule has 1 saturated heterocycles. The van der Waals surface area contributed by atoms with Gasteiger partial charge in [0.05, 0.1) is 18.8 Å². The number of hydrogen-bond acceptors (Lipinski definition) is 6. The smallest absolute Gasteiger partial charge is 0.223 e. The van der Waals surface area contributed by atoms with E-state index in [0.29, 0.717) is 32.1 Å². The minimum absolute atomic E-state index is 0.0244. The normalized spacial score (nSPS) is 20.0. The number of carbonyl (C=O) groups is 1. The highest BCUT2D eigenvalue weighted by Gasteiger charge is 2.41. The number of rotatable bonds is 7. The zero-order chi connectivity index (χ0) is 18.7. The lowest BCUT2D eigenvalue weighted by atomic mass is 9.94. The largest absolute Gasteiger partial charge is 0.383 e. The lowest BCUT2D eigenvalue weighted by Gasteiger charge is -2.28. The van der Waals surface area contributed by atoms with E-state index in [2.05, 4.69) is 20.4 Å². The Kier molecular flexibility index (Phi) is 5.51. The van der Waals surface area contributed by atoms with Crippen molar-refractivity contribution in [2.45, 2.75) is 26.3 Å². The average molecular weight is 358 g/mol. The summed E-state index contributed by atoms with van der Waals surface area (Å²) in [5.74, 6) is 0.855. The van der Waals surface area contributed by atoms with E-state index in [1.54, 1.807) is 13.3 Å². The summed E-state index contributed by atoms with van der Waals surface area (Å²) in [5, 5.41) is 7.66. The first-order valence-electron chi connectivity index (χ1n) is 8.81. The van der Waals surface area contributed by atoms with Gasteiger partial charge in [0.15, 0.2) is 0 Å². The molecule has 0 unspecified atom stereocenters. The fourth-order valence-electron chi connectivity index (χ4n) is 3.48. The van der Waals surface area contributed by atoms with Crippen LogP contribution in [-0.2, 0) is 16.6 Å². The number of carbonyl (C=O) groups excluding carboxylic acids is 1. The highest BCUT2D eigenvalue weighted by Crippen LogP contribution is 2.39. The van der Waals surface area contributed by atoms with Gasteiger partial charge in [-0.2, -0.15) is 5.10 Å². The summed E-state index contributed by atoms with van der Waals surface area (Å²) in [7, 11) is 3.57. The van der Waals surface area contributed by atoms with Crippen LogP contribution in [0.3, 0.4) is 0 Å². The Hall–Kier alpha value is -2.48. The zero-order valence-electron chi connectivity index (χ0n) is 15.8. The molecule has 0 bridgehead atoms. The molecule has 2 atom stereocenters. The number of ether oxygens (including phenoxy) is 1. The number of hydrogen-bond donors (Lipinski definition) is 1. The third-order valence-electron chi connectivity index (χ3n) is 4.98. The standard InChI is InChI=1S/C18H26N6O2/c1-12-5-6-19-18(22-12)20-10-14-9-16(25)24(7-8-26-4)17(14)15-11-21-23(3)13(15)2/h5-6,11,14,17H,7-10H2,1-4H3,(H,19,20,22)/t14-,17+/m0/s1. The van der Waals surface area contributed by atoms with Crippen molar-refractivity contribution in [1.82, 2.24) is 24.6 Å². The zero-order valence-corrected chi connectivity index (χ0v) is 15.8. The van der Waals surface area contributed by atoms with Gasteiger partial charge in [0.1, 0.15) is 0 Å². The third-order valence-corrected chi connectivity index (χ3v) is 4.98. The van der Waals surface area contributed by atoms with Crippen molar-refractivity contribution >= 4 is 11.9 Å². The summed E-state index contributed by atoms with van der Waals surface area (Å²) in [6.07, 6.45) is 4.09. The number of likely N-dealkylation sites (tertiary alicyclic amines) is 1. The number of methoxy groups -OCH3 is 1. The Bertz CT molecular complexity index is 775. The van der Waals surface area contributed by atoms with Crippen LogP contribution < -0.4 is 5.32 Å². The first kappa shape index (κ1) is 18.3. The molecule has 2 aromatic rings. The molecule has 3 heterocycles. The van der Waals surface area contributed by atoms with E-state index in [1.165, 1.54) is 0 Å². The van der Waals surface area contributed by atoms with E-state index >= 15 is 0 Å². The second kappa shape index (κ2) is 7.82. The van der Waals surface area contributed by atoms with E-state index in [4.69, 9.17) is 4.74 Å². The number of nitrogens with zero attached hydrogens (tertiary/aromatic N) is 5. The first-order chi connectivity index (χ1) is 12.5. The fraction of sp³-hybridized carbons (Fsp3) is 0.556. The van der Waals surface area contributed by atoms with Gasteiger partial charge < -0.3 is 15.0 Å². The molecule has 140 valence electrons. The Labute approximate surface area is 153 Å². The molecule has 0 aromatic carbocycles. The van der Waals surface area contributed by atoms with Crippen LogP contribution in [0.5, 0.6) is 0 Å². The van der Waals surface area contributed by atoms with Gasteiger partial charge in [-0.25, -0.2) is 9.97 Å². The maximum absolute atomic E-state index is 12.6. The van der Waals surface area contributed by atoms with Crippen molar-refractivity contribution in [3.8, 4) is 0 Å². The van der Waals surface area contributed by atoms with Crippen molar-refractivity contribution in [3.05, 3.63) is 35.4 Å². The Morgan fingerprint density at radius 1 is 1.38 bits per heavy atom. The highest BCUT2D eigenvalue weighted by molar-refractivity contribution is 5.80. The maximum atomic E-state index is 12.6. The van der Waals surface area contributed by atoms with Crippen LogP contribution in [0.2, 0.25) is 0 Å². The van der Waals surface area contributed by atoms with E-state index in [0.717, 1.165) is 17.0 Å². The van der Waals surface area contributed by atoms with Gasteiger partial charge >= 0.3 is 0 Å². The summed E-state index contributed by atoms with van der Waals surface area (Å²) in [4.78, 5) is 23.2. The minimum Gasteiger partial charge on any atom is -0.383 e. The minimum atomic E-state index is -0.0244. The highest BCUT2D eigenvalue weighted by atomic mass is 16.5. The molecular formula is C18H26N6O2. The number of anilines is 1. The molecule has 2 aromatic heterocycles. The molecule has 0 aliphatic carbocycles. The number of aryl methyl sites for hydroxylation is 2. The van der Waals surface area contributed by atoms with Crippen LogP contribution in [0.15, 0.2) is 18.5 Å². The summed E-state index contributed by atoms with van der Waals surface area (Å²) < 4.78 is 7.05. The molecule has 0 spiro atoms. The molecule has 8 heteroatoms. The predicted molar refractivity (Wildman–Crippen MR) is 97.6 cm³/mol. The second-order valence-electron chi connectivity index (χ2n) is 6.70. The molecule has 1 aliphatic rings. The monoisotopic (exact) mass is 358 g/mol. The van der Waals surface area contributed by atoms with Crippen LogP contribution in [0.25, 0.3) is 0 Å². The summed E-state index contributed by atoms with van der Waals surface area (Å²) in [6, 6.07) is 1.84. The van der Waals surface area contributed by atoms with Crippen LogP contribution in [0, 0.1) is 19.8 Å². The number of aromatic nitrogens is 4. The number of amides is 1. The molecule has 1 fully saturated rings. The third kappa shape index (κ3) is 3.70. The van der Waals surface area contributed by atoms with Gasteiger partial charge in [0.25, 0.3) is 0 Å². The van der Waals surface area contributed by atoms with Crippen molar-refractivity contribution in [3.63, 3.8) is 0 Å². The second-order valence-corrected chi connectivity index (χ2v) is 6.70. The van der Waals surface area contributed by atoms with Gasteiger partial charge in [-0.05, 0) is 19.9 Å². The molecule has 3 rings (SSSR count).